The van der Waals surface area contributed by atoms with Gasteiger partial charge in [0.25, 0.3) is 0 Å². The van der Waals surface area contributed by atoms with Crippen LogP contribution in [0.4, 0.5) is 5.82 Å². The maximum atomic E-state index is 10.8. The third-order valence-corrected chi connectivity index (χ3v) is 3.25. The van der Waals surface area contributed by atoms with Crippen LogP contribution >= 0.6 is 7.82 Å². The van der Waals surface area contributed by atoms with E-state index in [1.54, 1.807) is 4.57 Å². The van der Waals surface area contributed by atoms with Crippen LogP contribution in [-0.4, -0.2) is 49.6 Å². The van der Waals surface area contributed by atoms with Gasteiger partial charge in [-0.05, 0) is 0 Å². The van der Waals surface area contributed by atoms with E-state index < -0.39 is 7.82 Å². The second-order valence-corrected chi connectivity index (χ2v) is 5.68. The van der Waals surface area contributed by atoms with Crippen molar-refractivity contribution in [2.75, 3.05) is 26.1 Å². The Morgan fingerprint density at radius 1 is 1.38 bits per heavy atom. The lowest BCUT2D eigenvalue weighted by atomic mass is 10.2. The lowest BCUT2D eigenvalue weighted by Gasteiger charge is -2.17. The zero-order chi connectivity index (χ0) is 15.5. The smallest absolute Gasteiger partial charge is 0.384 e. The number of nitrogens with zero attached hydrogens (tertiary/aromatic N) is 4. The Bertz CT molecular complexity index is 656. The number of fused-ring (bicyclic) bond motifs is 1. The Kier molecular flexibility index (Phi) is 4.86. The zero-order valence-corrected chi connectivity index (χ0v) is 12.2. The number of nitrogen functional groups attached to an aromatic ring is 1. The van der Waals surface area contributed by atoms with Gasteiger partial charge in [0.2, 0.25) is 0 Å². The van der Waals surface area contributed by atoms with Crippen molar-refractivity contribution in [1.82, 2.24) is 19.5 Å². The molecule has 1 unspecified atom stereocenters. The molecule has 0 aliphatic heterocycles. The molecule has 2 aromatic rings. The van der Waals surface area contributed by atoms with Crippen LogP contribution in [0.1, 0.15) is 0 Å². The van der Waals surface area contributed by atoms with Gasteiger partial charge in [-0.15, -0.1) is 0 Å². The van der Waals surface area contributed by atoms with E-state index in [1.165, 1.54) is 19.8 Å². The quantitative estimate of drug-likeness (QED) is 0.590. The van der Waals surface area contributed by atoms with Gasteiger partial charge in [0.05, 0.1) is 19.5 Å². The van der Waals surface area contributed by atoms with Crippen molar-refractivity contribution < 1.29 is 23.6 Å². The Morgan fingerprint density at radius 3 is 2.81 bits per heavy atom. The van der Waals surface area contributed by atoms with Gasteiger partial charge in [0, 0.05) is 19.6 Å². The molecule has 0 saturated heterocycles. The van der Waals surface area contributed by atoms with E-state index in [0.717, 1.165) is 0 Å². The van der Waals surface area contributed by atoms with E-state index in [2.05, 4.69) is 19.5 Å². The number of hydrogen-bond acceptors (Lipinski definition) is 7. The molecular formula is C10H16N5O5P. The normalized spacial score (nSPS) is 13.7. The third-order valence-electron chi connectivity index (χ3n) is 2.77. The minimum absolute atomic E-state index is 0.154. The van der Waals surface area contributed by atoms with Crippen LogP contribution in [0.3, 0.4) is 0 Å². The summed E-state index contributed by atoms with van der Waals surface area (Å²) in [6, 6.07) is 0. The van der Waals surface area contributed by atoms with Crippen LogP contribution in [0.2, 0.25) is 0 Å². The number of phosphoric ester groups is 1. The molecule has 1 atom stereocenters. The molecule has 21 heavy (non-hydrogen) atoms. The molecule has 11 heteroatoms. The Morgan fingerprint density at radius 2 is 2.14 bits per heavy atom. The van der Waals surface area contributed by atoms with Crippen molar-refractivity contribution in [3.63, 3.8) is 0 Å². The van der Waals surface area contributed by atoms with Crippen LogP contribution < -0.4 is 5.73 Å². The number of rotatable bonds is 7. The molecule has 4 N–H and O–H groups in total. The minimum atomic E-state index is -4.52. The minimum Gasteiger partial charge on any atom is -0.384 e. The zero-order valence-electron chi connectivity index (χ0n) is 11.3. The maximum Gasteiger partial charge on any atom is 0.469 e. The van der Waals surface area contributed by atoms with Gasteiger partial charge in [0.1, 0.15) is 11.8 Å². The van der Waals surface area contributed by atoms with E-state index in [4.69, 9.17) is 20.3 Å². The molecule has 116 valence electrons. The van der Waals surface area contributed by atoms with Gasteiger partial charge >= 0.3 is 7.82 Å². The van der Waals surface area contributed by atoms with Crippen molar-refractivity contribution in [2.45, 2.75) is 6.54 Å². The molecule has 2 heterocycles. The van der Waals surface area contributed by atoms with Crippen molar-refractivity contribution in [1.29, 1.82) is 0 Å². The van der Waals surface area contributed by atoms with Crippen LogP contribution in [0.5, 0.6) is 0 Å². The SMILES string of the molecule is COCC(COP(=O)(O)O)Cn1cnc2c(N)ncnc21. The van der Waals surface area contributed by atoms with Crippen molar-refractivity contribution in [2.24, 2.45) is 5.92 Å². The van der Waals surface area contributed by atoms with E-state index in [9.17, 15) is 4.57 Å². The summed E-state index contributed by atoms with van der Waals surface area (Å²) in [5.41, 5.74) is 6.71. The molecule has 0 aromatic carbocycles. The van der Waals surface area contributed by atoms with Crippen LogP contribution in [-0.2, 0) is 20.4 Å². The molecule has 0 amide bonds. The summed E-state index contributed by atoms with van der Waals surface area (Å²) in [4.78, 5) is 29.6. The summed E-state index contributed by atoms with van der Waals surface area (Å²) in [7, 11) is -3.02. The second kappa shape index (κ2) is 6.46. The molecule has 0 radical (unpaired) electrons. The lowest BCUT2D eigenvalue weighted by molar-refractivity contribution is 0.0929. The number of imidazole rings is 1. The number of aromatic nitrogens is 4. The summed E-state index contributed by atoms with van der Waals surface area (Å²) in [5, 5.41) is 0. The summed E-state index contributed by atoms with van der Waals surface area (Å²) in [6.07, 6.45) is 2.86. The van der Waals surface area contributed by atoms with E-state index in [0.29, 0.717) is 17.7 Å². The summed E-state index contributed by atoms with van der Waals surface area (Å²) < 4.78 is 22.0. The Balaban J connectivity index is 2.15. The molecule has 0 bridgehead atoms. The first-order valence-corrected chi connectivity index (χ1v) is 7.54. The van der Waals surface area contributed by atoms with Crippen LogP contribution in [0.15, 0.2) is 12.7 Å². The summed E-state index contributed by atoms with van der Waals surface area (Å²) >= 11 is 0. The monoisotopic (exact) mass is 317 g/mol. The number of nitrogens with two attached hydrogens (primary N) is 1. The van der Waals surface area contributed by atoms with Crippen molar-refractivity contribution in [3.05, 3.63) is 12.7 Å². The molecular weight excluding hydrogens is 301 g/mol. The predicted molar refractivity (Wildman–Crippen MR) is 73.1 cm³/mol. The van der Waals surface area contributed by atoms with Gasteiger partial charge in [-0.1, -0.05) is 0 Å². The highest BCUT2D eigenvalue weighted by molar-refractivity contribution is 7.46. The molecule has 0 saturated carbocycles. The highest BCUT2D eigenvalue weighted by Crippen LogP contribution is 2.36. The van der Waals surface area contributed by atoms with E-state index in [-0.39, 0.29) is 24.9 Å². The summed E-state index contributed by atoms with van der Waals surface area (Å²) in [5.74, 6) is -0.00952. The fourth-order valence-corrected chi connectivity index (χ4v) is 2.31. The molecule has 0 aliphatic rings. The van der Waals surface area contributed by atoms with Gasteiger partial charge in [0.15, 0.2) is 11.5 Å². The van der Waals surface area contributed by atoms with Gasteiger partial charge in [-0.25, -0.2) is 19.5 Å². The topological polar surface area (TPSA) is 146 Å². The molecule has 0 aliphatic carbocycles. The van der Waals surface area contributed by atoms with Gasteiger partial charge in [-0.3, -0.25) is 4.52 Å². The Labute approximate surface area is 120 Å². The first-order chi connectivity index (χ1) is 9.90. The number of ether oxygens (including phenoxy) is 1. The average molecular weight is 317 g/mol. The fourth-order valence-electron chi connectivity index (χ4n) is 1.90. The highest BCUT2D eigenvalue weighted by atomic mass is 31.2. The largest absolute Gasteiger partial charge is 0.469 e. The molecule has 2 aromatic heterocycles. The maximum absolute atomic E-state index is 10.8. The number of anilines is 1. The fraction of sp³-hybridized carbons (Fsp3) is 0.500. The number of phosphoric acid groups is 1. The van der Waals surface area contributed by atoms with Crippen molar-refractivity contribution in [3.8, 4) is 0 Å². The van der Waals surface area contributed by atoms with Crippen LogP contribution in [0.25, 0.3) is 11.2 Å². The predicted octanol–water partition coefficient (Wildman–Crippen LogP) is -0.220. The second-order valence-electron chi connectivity index (χ2n) is 4.44. The summed E-state index contributed by atoms with van der Waals surface area (Å²) in [6.45, 7) is 0.472. The molecule has 2 rings (SSSR count). The lowest BCUT2D eigenvalue weighted by Crippen LogP contribution is -2.21. The number of hydrogen-bond donors (Lipinski definition) is 3. The highest BCUT2D eigenvalue weighted by Gasteiger charge is 2.20. The first-order valence-electron chi connectivity index (χ1n) is 6.01. The van der Waals surface area contributed by atoms with Gasteiger partial charge in [-0.2, -0.15) is 0 Å². The molecule has 0 spiro atoms. The van der Waals surface area contributed by atoms with E-state index in [1.807, 2.05) is 0 Å². The standard InChI is InChI=1S/C10H16N5O5P/c1-19-3-7(4-20-21(16,17)18)2-15-6-14-8-9(11)12-5-13-10(8)15/h5-7H,2-4H2,1H3,(H2,11,12,13)(H2,16,17,18). The van der Waals surface area contributed by atoms with Gasteiger partial charge < -0.3 is 24.8 Å². The van der Waals surface area contributed by atoms with E-state index >= 15 is 0 Å². The van der Waals surface area contributed by atoms with Crippen molar-refractivity contribution >= 4 is 24.8 Å². The molecule has 0 fully saturated rings. The molecule has 10 nitrogen and oxygen atoms in total. The number of methoxy groups -OCH3 is 1. The third kappa shape index (κ3) is 4.19. The average Bonchev–Trinajstić information content (AvgIpc) is 2.80. The van der Waals surface area contributed by atoms with Crippen LogP contribution in [0, 0.1) is 5.92 Å². The Hall–Kier alpha value is -1.58. The first kappa shape index (κ1) is 15.8.